The first kappa shape index (κ1) is 10.7. The molecule has 0 amide bonds. The van der Waals surface area contributed by atoms with Crippen molar-refractivity contribution in [3.63, 3.8) is 0 Å². The number of nitrogens with two attached hydrogens (primary N) is 1. The van der Waals surface area contributed by atoms with Crippen molar-refractivity contribution in [2.75, 3.05) is 0 Å². The van der Waals surface area contributed by atoms with E-state index in [-0.39, 0.29) is 5.84 Å². The average molecular weight is 229 g/mol. The molecule has 0 aliphatic carbocycles. The van der Waals surface area contributed by atoms with E-state index >= 15 is 0 Å². The zero-order valence-corrected chi connectivity index (χ0v) is 9.37. The fraction of sp³-hybridized carbons (Fsp3) is 0. The maximum atomic E-state index is 7.49. The summed E-state index contributed by atoms with van der Waals surface area (Å²) in [7, 11) is 0. The molecular weight excluding hydrogens is 218 g/mol. The smallest absolute Gasteiger partial charge is 0.123 e. The number of pyridine rings is 1. The molecule has 0 aliphatic rings. The first-order valence-corrected chi connectivity index (χ1v) is 5.60. The van der Waals surface area contributed by atoms with Gasteiger partial charge in [-0.3, -0.25) is 10.4 Å². The number of benzene rings is 1. The van der Waals surface area contributed by atoms with Crippen LogP contribution < -0.4 is 5.73 Å². The summed E-state index contributed by atoms with van der Waals surface area (Å²) >= 11 is 1.58. The van der Waals surface area contributed by atoms with E-state index in [1.54, 1.807) is 24.2 Å². The van der Waals surface area contributed by atoms with Gasteiger partial charge in [0.2, 0.25) is 0 Å². The zero-order chi connectivity index (χ0) is 11.4. The van der Waals surface area contributed by atoms with Crippen LogP contribution in [0.4, 0.5) is 0 Å². The SMILES string of the molecule is N=C(N)c1ccccc1Sc1ccncc1. The van der Waals surface area contributed by atoms with E-state index in [9.17, 15) is 0 Å². The summed E-state index contributed by atoms with van der Waals surface area (Å²) in [5.41, 5.74) is 6.29. The number of amidine groups is 1. The van der Waals surface area contributed by atoms with E-state index in [2.05, 4.69) is 4.98 Å². The van der Waals surface area contributed by atoms with Crippen LogP contribution in [0, 0.1) is 5.41 Å². The fourth-order valence-electron chi connectivity index (χ4n) is 1.31. The largest absolute Gasteiger partial charge is 0.384 e. The minimum atomic E-state index is 0.0946. The van der Waals surface area contributed by atoms with Gasteiger partial charge >= 0.3 is 0 Å². The van der Waals surface area contributed by atoms with Gasteiger partial charge in [0.15, 0.2) is 0 Å². The highest BCUT2D eigenvalue weighted by Gasteiger charge is 2.05. The number of hydrogen-bond donors (Lipinski definition) is 2. The van der Waals surface area contributed by atoms with E-state index in [1.165, 1.54) is 0 Å². The second-order valence-corrected chi connectivity index (χ2v) is 4.31. The van der Waals surface area contributed by atoms with Crippen LogP contribution in [0.5, 0.6) is 0 Å². The molecule has 80 valence electrons. The summed E-state index contributed by atoms with van der Waals surface area (Å²) < 4.78 is 0. The van der Waals surface area contributed by atoms with Crippen molar-refractivity contribution >= 4 is 17.6 Å². The predicted molar refractivity (Wildman–Crippen MR) is 65.8 cm³/mol. The lowest BCUT2D eigenvalue weighted by Crippen LogP contribution is -2.11. The van der Waals surface area contributed by atoms with E-state index < -0.39 is 0 Å². The predicted octanol–water partition coefficient (Wildman–Crippen LogP) is 2.52. The van der Waals surface area contributed by atoms with E-state index in [4.69, 9.17) is 11.1 Å². The Hall–Kier alpha value is -1.81. The number of hydrogen-bond acceptors (Lipinski definition) is 3. The van der Waals surface area contributed by atoms with Crippen molar-refractivity contribution in [1.82, 2.24) is 4.98 Å². The van der Waals surface area contributed by atoms with Crippen molar-refractivity contribution in [2.45, 2.75) is 9.79 Å². The Morgan fingerprint density at radius 1 is 1.12 bits per heavy atom. The lowest BCUT2D eigenvalue weighted by atomic mass is 10.2. The summed E-state index contributed by atoms with van der Waals surface area (Å²) in [5.74, 6) is 0.0946. The highest BCUT2D eigenvalue weighted by atomic mass is 32.2. The molecule has 2 rings (SSSR count). The molecule has 16 heavy (non-hydrogen) atoms. The third-order valence-electron chi connectivity index (χ3n) is 2.05. The molecule has 0 radical (unpaired) electrons. The lowest BCUT2D eigenvalue weighted by molar-refractivity contribution is 1.26. The number of aromatic nitrogens is 1. The first-order valence-electron chi connectivity index (χ1n) is 4.78. The van der Waals surface area contributed by atoms with Crippen molar-refractivity contribution in [3.8, 4) is 0 Å². The van der Waals surface area contributed by atoms with Crippen LogP contribution in [0.2, 0.25) is 0 Å². The highest BCUT2D eigenvalue weighted by Crippen LogP contribution is 2.29. The lowest BCUT2D eigenvalue weighted by Gasteiger charge is -2.06. The molecule has 1 aromatic heterocycles. The number of nitrogens with zero attached hydrogens (tertiary/aromatic N) is 1. The molecule has 1 heterocycles. The van der Waals surface area contributed by atoms with Crippen molar-refractivity contribution in [1.29, 1.82) is 5.41 Å². The van der Waals surface area contributed by atoms with Gasteiger partial charge in [0.05, 0.1) is 0 Å². The molecule has 4 heteroatoms. The Morgan fingerprint density at radius 3 is 2.50 bits per heavy atom. The van der Waals surface area contributed by atoms with Crippen LogP contribution in [0.25, 0.3) is 0 Å². The molecule has 3 N–H and O–H groups in total. The molecule has 0 fully saturated rings. The van der Waals surface area contributed by atoms with E-state index in [0.29, 0.717) is 0 Å². The van der Waals surface area contributed by atoms with Gasteiger partial charge in [0.25, 0.3) is 0 Å². The minimum Gasteiger partial charge on any atom is -0.384 e. The van der Waals surface area contributed by atoms with Gasteiger partial charge < -0.3 is 5.73 Å². The molecule has 0 bridgehead atoms. The van der Waals surface area contributed by atoms with E-state index in [0.717, 1.165) is 15.4 Å². The van der Waals surface area contributed by atoms with Gasteiger partial charge in [-0.05, 0) is 18.2 Å². The zero-order valence-electron chi connectivity index (χ0n) is 8.55. The van der Waals surface area contributed by atoms with Crippen LogP contribution in [0.1, 0.15) is 5.56 Å². The molecule has 3 nitrogen and oxygen atoms in total. The van der Waals surface area contributed by atoms with Crippen LogP contribution >= 0.6 is 11.8 Å². The minimum absolute atomic E-state index is 0.0946. The third kappa shape index (κ3) is 2.41. The third-order valence-corrected chi connectivity index (χ3v) is 3.14. The molecule has 0 saturated carbocycles. The summed E-state index contributed by atoms with van der Waals surface area (Å²) in [5, 5.41) is 7.49. The summed E-state index contributed by atoms with van der Waals surface area (Å²) in [6.07, 6.45) is 3.50. The van der Waals surface area contributed by atoms with Gasteiger partial charge in [-0.25, -0.2) is 0 Å². The van der Waals surface area contributed by atoms with Crippen molar-refractivity contribution in [3.05, 3.63) is 54.4 Å². The molecule has 1 aromatic carbocycles. The standard InChI is InChI=1S/C12H11N3S/c13-12(14)10-3-1-2-4-11(10)16-9-5-7-15-8-6-9/h1-8H,(H3,13,14). The van der Waals surface area contributed by atoms with Gasteiger partial charge in [-0.2, -0.15) is 0 Å². The van der Waals surface area contributed by atoms with E-state index in [1.807, 2.05) is 36.4 Å². The van der Waals surface area contributed by atoms with Gasteiger partial charge in [0, 0.05) is 27.7 Å². The highest BCUT2D eigenvalue weighted by molar-refractivity contribution is 7.99. The molecule has 0 saturated heterocycles. The summed E-state index contributed by atoms with van der Waals surface area (Å²) in [4.78, 5) is 6.04. The average Bonchev–Trinajstić information content (AvgIpc) is 2.31. The monoisotopic (exact) mass is 229 g/mol. The van der Waals surface area contributed by atoms with Crippen molar-refractivity contribution in [2.24, 2.45) is 5.73 Å². The molecule has 2 aromatic rings. The van der Waals surface area contributed by atoms with Crippen LogP contribution in [0.15, 0.2) is 58.6 Å². The summed E-state index contributed by atoms with van der Waals surface area (Å²) in [6.45, 7) is 0. The Morgan fingerprint density at radius 2 is 1.81 bits per heavy atom. The maximum Gasteiger partial charge on any atom is 0.123 e. The molecule has 0 spiro atoms. The van der Waals surface area contributed by atoms with Crippen LogP contribution in [0.3, 0.4) is 0 Å². The summed E-state index contributed by atoms with van der Waals surface area (Å²) in [6, 6.07) is 11.5. The Labute approximate surface area is 98.2 Å². The molecule has 0 aliphatic heterocycles. The van der Waals surface area contributed by atoms with Gasteiger partial charge in [-0.15, -0.1) is 0 Å². The Balaban J connectivity index is 2.31. The van der Waals surface area contributed by atoms with Gasteiger partial charge in [0.1, 0.15) is 5.84 Å². The molecular formula is C12H11N3S. The maximum absolute atomic E-state index is 7.49. The van der Waals surface area contributed by atoms with Crippen LogP contribution in [-0.2, 0) is 0 Å². The normalized spacial score (nSPS) is 10.0. The topological polar surface area (TPSA) is 62.8 Å². The van der Waals surface area contributed by atoms with Crippen molar-refractivity contribution < 1.29 is 0 Å². The molecule has 0 unspecified atom stereocenters. The Kier molecular flexibility index (Phi) is 3.22. The Bertz CT molecular complexity index is 497. The first-order chi connectivity index (χ1) is 7.77. The number of rotatable bonds is 3. The number of nitrogen functional groups attached to an aromatic ring is 1. The second-order valence-electron chi connectivity index (χ2n) is 3.19. The fourth-order valence-corrected chi connectivity index (χ4v) is 2.26. The number of nitrogens with one attached hydrogen (secondary N) is 1. The second kappa shape index (κ2) is 4.81. The van der Waals surface area contributed by atoms with Crippen LogP contribution in [-0.4, -0.2) is 10.8 Å². The molecule has 0 atom stereocenters. The quantitative estimate of drug-likeness (QED) is 0.628. The van der Waals surface area contributed by atoms with Gasteiger partial charge in [-0.1, -0.05) is 30.0 Å².